The number of benzene rings is 2. The van der Waals surface area contributed by atoms with Crippen LogP contribution in [0, 0.1) is 0 Å². The van der Waals surface area contributed by atoms with Gasteiger partial charge in [0.15, 0.2) is 0 Å². The average molecular weight is 315 g/mol. The fraction of sp³-hybridized carbons (Fsp3) is 0.333. The van der Waals surface area contributed by atoms with Crippen molar-refractivity contribution in [3.63, 3.8) is 0 Å². The molecule has 1 heterocycles. The SMILES string of the molecule is CCN(CC)P1O[C@@H](c2ccccc2)[C@H](c2ccccc2)O1. The van der Waals surface area contributed by atoms with Crippen molar-refractivity contribution in [1.82, 2.24) is 4.67 Å². The van der Waals surface area contributed by atoms with Gasteiger partial charge in [-0.25, -0.2) is 4.67 Å². The lowest BCUT2D eigenvalue weighted by Gasteiger charge is -2.22. The van der Waals surface area contributed by atoms with Gasteiger partial charge < -0.3 is 9.05 Å². The number of nitrogens with zero attached hydrogens (tertiary/aromatic N) is 1. The highest BCUT2D eigenvalue weighted by molar-refractivity contribution is 7.44. The van der Waals surface area contributed by atoms with Gasteiger partial charge in [-0.05, 0) is 11.1 Å². The molecule has 1 saturated heterocycles. The molecule has 0 N–H and O–H groups in total. The topological polar surface area (TPSA) is 21.7 Å². The molecule has 116 valence electrons. The van der Waals surface area contributed by atoms with Crippen molar-refractivity contribution in [1.29, 1.82) is 0 Å². The van der Waals surface area contributed by atoms with E-state index in [1.54, 1.807) is 0 Å². The van der Waals surface area contributed by atoms with E-state index in [2.05, 4.69) is 67.0 Å². The normalized spacial score (nSPS) is 22.3. The number of hydrogen-bond donors (Lipinski definition) is 0. The Hall–Kier alpha value is -1.25. The molecule has 0 spiro atoms. The standard InChI is InChI=1S/C18H22NO2P/c1-3-19(4-2)22-20-17(15-11-7-5-8-12-15)18(21-22)16-13-9-6-10-14-16/h5-14,17-18H,3-4H2,1-2H3/t17-,18-/m0/s1. The summed E-state index contributed by atoms with van der Waals surface area (Å²) in [6.45, 7) is 6.16. The first-order chi connectivity index (χ1) is 10.8. The van der Waals surface area contributed by atoms with Gasteiger partial charge in [-0.15, -0.1) is 0 Å². The molecule has 1 aliphatic rings. The van der Waals surface area contributed by atoms with E-state index in [4.69, 9.17) is 9.05 Å². The van der Waals surface area contributed by atoms with Crippen LogP contribution in [0.1, 0.15) is 37.2 Å². The Morgan fingerprint density at radius 3 is 1.55 bits per heavy atom. The molecule has 22 heavy (non-hydrogen) atoms. The highest BCUT2D eigenvalue weighted by Gasteiger charge is 2.41. The minimum atomic E-state index is -1.00. The molecule has 0 saturated carbocycles. The zero-order chi connectivity index (χ0) is 15.4. The molecule has 0 unspecified atom stereocenters. The fourth-order valence-electron chi connectivity index (χ4n) is 2.67. The molecule has 0 bridgehead atoms. The molecule has 2 atom stereocenters. The van der Waals surface area contributed by atoms with Gasteiger partial charge in [-0.1, -0.05) is 74.5 Å². The Labute approximate surface area is 133 Å². The van der Waals surface area contributed by atoms with Crippen molar-refractivity contribution < 1.29 is 9.05 Å². The van der Waals surface area contributed by atoms with Gasteiger partial charge in [-0.2, -0.15) is 0 Å². The Morgan fingerprint density at radius 1 is 0.773 bits per heavy atom. The second-order valence-electron chi connectivity index (χ2n) is 5.25. The molecule has 0 aliphatic carbocycles. The van der Waals surface area contributed by atoms with Crippen LogP contribution in [0.2, 0.25) is 0 Å². The van der Waals surface area contributed by atoms with Gasteiger partial charge in [0.05, 0.1) is 0 Å². The maximum absolute atomic E-state index is 6.33. The van der Waals surface area contributed by atoms with Gasteiger partial charge >= 0.3 is 0 Å². The van der Waals surface area contributed by atoms with Crippen LogP contribution in [-0.4, -0.2) is 17.8 Å². The Morgan fingerprint density at radius 2 is 1.18 bits per heavy atom. The Balaban J connectivity index is 1.90. The van der Waals surface area contributed by atoms with Crippen LogP contribution in [-0.2, 0) is 9.05 Å². The van der Waals surface area contributed by atoms with Crippen molar-refractivity contribution >= 4 is 8.53 Å². The second kappa shape index (κ2) is 7.34. The van der Waals surface area contributed by atoms with Crippen molar-refractivity contribution in [2.24, 2.45) is 0 Å². The van der Waals surface area contributed by atoms with E-state index in [1.807, 2.05) is 12.1 Å². The molecule has 0 radical (unpaired) electrons. The van der Waals surface area contributed by atoms with Crippen LogP contribution in [0.5, 0.6) is 0 Å². The minimum absolute atomic E-state index is 0.0460. The summed E-state index contributed by atoms with van der Waals surface area (Å²) >= 11 is 0. The quantitative estimate of drug-likeness (QED) is 0.718. The first kappa shape index (κ1) is 15.6. The first-order valence-corrected chi connectivity index (χ1v) is 8.95. The van der Waals surface area contributed by atoms with Gasteiger partial charge in [0.1, 0.15) is 12.2 Å². The molecule has 3 rings (SSSR count). The molecule has 3 nitrogen and oxygen atoms in total. The van der Waals surface area contributed by atoms with Gasteiger partial charge in [-0.3, -0.25) is 0 Å². The smallest absolute Gasteiger partial charge is 0.260 e. The van der Waals surface area contributed by atoms with E-state index in [9.17, 15) is 0 Å². The molecule has 2 aromatic rings. The lowest BCUT2D eigenvalue weighted by atomic mass is 9.99. The predicted molar refractivity (Wildman–Crippen MR) is 90.4 cm³/mol. The van der Waals surface area contributed by atoms with Gasteiger partial charge in [0, 0.05) is 13.1 Å². The van der Waals surface area contributed by atoms with E-state index >= 15 is 0 Å². The average Bonchev–Trinajstić information content (AvgIpc) is 3.03. The molecule has 2 aromatic carbocycles. The molecule has 4 heteroatoms. The lowest BCUT2D eigenvalue weighted by molar-refractivity contribution is 0.159. The monoisotopic (exact) mass is 315 g/mol. The van der Waals surface area contributed by atoms with E-state index < -0.39 is 8.53 Å². The minimum Gasteiger partial charge on any atom is -0.311 e. The van der Waals surface area contributed by atoms with Crippen LogP contribution in [0.15, 0.2) is 60.7 Å². The summed E-state index contributed by atoms with van der Waals surface area (Å²) in [6, 6.07) is 20.7. The number of hydrogen-bond acceptors (Lipinski definition) is 3. The molecular weight excluding hydrogens is 293 g/mol. The van der Waals surface area contributed by atoms with Crippen molar-refractivity contribution in [3.8, 4) is 0 Å². The predicted octanol–water partition coefficient (Wildman–Crippen LogP) is 5.08. The molecule has 0 amide bonds. The summed E-state index contributed by atoms with van der Waals surface area (Å²) in [5, 5.41) is 0. The maximum Gasteiger partial charge on any atom is 0.260 e. The maximum atomic E-state index is 6.33. The van der Waals surface area contributed by atoms with E-state index in [-0.39, 0.29) is 12.2 Å². The molecular formula is C18H22NO2P. The summed E-state index contributed by atoms with van der Waals surface area (Å²) in [7, 11) is -1.00. The van der Waals surface area contributed by atoms with E-state index in [0.29, 0.717) is 0 Å². The van der Waals surface area contributed by atoms with Crippen LogP contribution in [0.3, 0.4) is 0 Å². The summed E-state index contributed by atoms with van der Waals surface area (Å²) in [6.07, 6.45) is -0.0920. The highest BCUT2D eigenvalue weighted by atomic mass is 31.2. The summed E-state index contributed by atoms with van der Waals surface area (Å²) in [5.41, 5.74) is 2.35. The van der Waals surface area contributed by atoms with Gasteiger partial charge in [0.2, 0.25) is 0 Å². The molecule has 1 aliphatic heterocycles. The summed E-state index contributed by atoms with van der Waals surface area (Å²) < 4.78 is 14.9. The van der Waals surface area contributed by atoms with Gasteiger partial charge in [0.25, 0.3) is 8.53 Å². The Kier molecular flexibility index (Phi) is 5.22. The largest absolute Gasteiger partial charge is 0.311 e. The van der Waals surface area contributed by atoms with Crippen LogP contribution in [0.25, 0.3) is 0 Å². The fourth-order valence-corrected chi connectivity index (χ4v) is 4.31. The molecule has 0 aromatic heterocycles. The van der Waals surface area contributed by atoms with Crippen molar-refractivity contribution in [2.75, 3.05) is 13.1 Å². The van der Waals surface area contributed by atoms with Crippen LogP contribution >= 0.6 is 8.53 Å². The zero-order valence-electron chi connectivity index (χ0n) is 13.1. The van der Waals surface area contributed by atoms with E-state index in [0.717, 1.165) is 13.1 Å². The molecule has 1 fully saturated rings. The Bertz CT molecular complexity index is 527. The second-order valence-corrected chi connectivity index (χ2v) is 6.71. The van der Waals surface area contributed by atoms with Crippen molar-refractivity contribution in [2.45, 2.75) is 26.1 Å². The number of rotatable bonds is 5. The lowest BCUT2D eigenvalue weighted by Crippen LogP contribution is -2.16. The third-order valence-corrected chi connectivity index (χ3v) is 5.74. The zero-order valence-corrected chi connectivity index (χ0v) is 13.9. The highest BCUT2D eigenvalue weighted by Crippen LogP contribution is 2.61. The third kappa shape index (κ3) is 3.23. The summed E-state index contributed by atoms with van der Waals surface area (Å²) in [5.74, 6) is 0. The third-order valence-electron chi connectivity index (χ3n) is 3.90. The summed E-state index contributed by atoms with van der Waals surface area (Å²) in [4.78, 5) is 0. The first-order valence-electron chi connectivity index (χ1n) is 7.82. The van der Waals surface area contributed by atoms with Crippen molar-refractivity contribution in [3.05, 3.63) is 71.8 Å². The van der Waals surface area contributed by atoms with Crippen LogP contribution in [0.4, 0.5) is 0 Å². The van der Waals surface area contributed by atoms with Crippen LogP contribution < -0.4 is 0 Å². The van der Waals surface area contributed by atoms with E-state index in [1.165, 1.54) is 11.1 Å².